The van der Waals surface area contributed by atoms with Crippen LogP contribution in [0.2, 0.25) is 0 Å². The summed E-state index contributed by atoms with van der Waals surface area (Å²) in [5, 5.41) is 13.9. The highest BCUT2D eigenvalue weighted by atomic mass is 16.6. The van der Waals surface area contributed by atoms with E-state index in [0.717, 1.165) is 11.3 Å². The Labute approximate surface area is 164 Å². The first-order chi connectivity index (χ1) is 13.1. The van der Waals surface area contributed by atoms with Crippen LogP contribution in [0.1, 0.15) is 26.3 Å². The van der Waals surface area contributed by atoms with Crippen LogP contribution in [-0.4, -0.2) is 57.8 Å². The number of rotatable bonds is 4. The second kappa shape index (κ2) is 7.35. The van der Waals surface area contributed by atoms with Gasteiger partial charge in [0.2, 0.25) is 5.88 Å². The van der Waals surface area contributed by atoms with E-state index < -0.39 is 11.7 Å². The van der Waals surface area contributed by atoms with Crippen LogP contribution in [0.4, 0.5) is 10.6 Å². The number of carboxylic acid groups (broad SMARTS) is 1. The molecule has 0 aliphatic carbocycles. The fourth-order valence-corrected chi connectivity index (χ4v) is 3.28. The summed E-state index contributed by atoms with van der Waals surface area (Å²) >= 11 is 0. The SMILES string of the molecule is Cc1c(OCC2(C(C)(C)C)CN(C(=O)O)CCO2)nn(-c2ccccc2)c1N. The molecule has 0 spiro atoms. The molecule has 3 N–H and O–H groups in total. The smallest absolute Gasteiger partial charge is 0.407 e. The molecule has 1 aliphatic heterocycles. The van der Waals surface area contributed by atoms with Crippen molar-refractivity contribution in [3.63, 3.8) is 0 Å². The Hall–Kier alpha value is -2.74. The van der Waals surface area contributed by atoms with Crippen molar-refractivity contribution in [1.82, 2.24) is 14.7 Å². The largest absolute Gasteiger partial charge is 0.473 e. The van der Waals surface area contributed by atoms with E-state index in [-0.39, 0.29) is 18.6 Å². The van der Waals surface area contributed by atoms with Crippen molar-refractivity contribution in [3.8, 4) is 11.6 Å². The minimum absolute atomic E-state index is 0.173. The zero-order valence-electron chi connectivity index (χ0n) is 16.8. The van der Waals surface area contributed by atoms with Crippen molar-refractivity contribution >= 4 is 11.9 Å². The minimum atomic E-state index is -0.953. The highest BCUT2D eigenvalue weighted by Gasteiger charge is 2.48. The van der Waals surface area contributed by atoms with Crippen LogP contribution in [0.3, 0.4) is 0 Å². The van der Waals surface area contributed by atoms with Gasteiger partial charge in [-0.25, -0.2) is 9.48 Å². The van der Waals surface area contributed by atoms with Crippen LogP contribution >= 0.6 is 0 Å². The Balaban J connectivity index is 1.86. The van der Waals surface area contributed by atoms with Crippen LogP contribution in [0, 0.1) is 12.3 Å². The number of hydrogen-bond acceptors (Lipinski definition) is 5. The Bertz CT molecular complexity index is 844. The highest BCUT2D eigenvalue weighted by Crippen LogP contribution is 2.38. The molecule has 1 aromatic heterocycles. The number of hydrogen-bond donors (Lipinski definition) is 2. The second-order valence-electron chi connectivity index (χ2n) is 8.15. The van der Waals surface area contributed by atoms with E-state index in [1.165, 1.54) is 4.90 Å². The zero-order chi connectivity index (χ0) is 20.5. The number of benzene rings is 1. The number of amides is 1. The molecule has 1 fully saturated rings. The van der Waals surface area contributed by atoms with Gasteiger partial charge >= 0.3 is 6.09 Å². The maximum absolute atomic E-state index is 11.5. The first-order valence-corrected chi connectivity index (χ1v) is 9.30. The van der Waals surface area contributed by atoms with Gasteiger partial charge in [0.25, 0.3) is 0 Å². The molecule has 1 aromatic carbocycles. The molecule has 2 aromatic rings. The molecule has 28 heavy (non-hydrogen) atoms. The topological polar surface area (TPSA) is 103 Å². The van der Waals surface area contributed by atoms with E-state index in [0.29, 0.717) is 24.8 Å². The maximum atomic E-state index is 11.5. The van der Waals surface area contributed by atoms with E-state index in [2.05, 4.69) is 5.10 Å². The van der Waals surface area contributed by atoms with Crippen molar-refractivity contribution in [3.05, 3.63) is 35.9 Å². The summed E-state index contributed by atoms with van der Waals surface area (Å²) in [7, 11) is 0. The van der Waals surface area contributed by atoms with E-state index >= 15 is 0 Å². The number of morpholine rings is 1. The summed E-state index contributed by atoms with van der Waals surface area (Å²) < 4.78 is 13.8. The number of aromatic nitrogens is 2. The molecule has 1 atom stereocenters. The number of anilines is 1. The molecule has 152 valence electrons. The number of nitrogens with zero attached hydrogens (tertiary/aromatic N) is 3. The quantitative estimate of drug-likeness (QED) is 0.835. The lowest BCUT2D eigenvalue weighted by Crippen LogP contribution is -2.62. The van der Waals surface area contributed by atoms with Gasteiger partial charge in [0.15, 0.2) is 0 Å². The van der Waals surface area contributed by atoms with Crippen molar-refractivity contribution in [2.45, 2.75) is 33.3 Å². The van der Waals surface area contributed by atoms with Crippen LogP contribution in [-0.2, 0) is 4.74 Å². The molecular formula is C20H28N4O4. The standard InChI is InChI=1S/C20H28N4O4/c1-14-16(21)24(15-8-6-5-7-9-15)22-17(14)27-13-20(19(2,3)4)12-23(18(25)26)10-11-28-20/h5-9H,10-13,21H2,1-4H3,(H,25,26). The Kier molecular flexibility index (Phi) is 5.25. The van der Waals surface area contributed by atoms with Crippen LogP contribution in [0.5, 0.6) is 5.88 Å². The van der Waals surface area contributed by atoms with Crippen LogP contribution in [0.25, 0.3) is 5.69 Å². The molecule has 0 saturated carbocycles. The normalized spacial score (nSPS) is 20.2. The maximum Gasteiger partial charge on any atom is 0.407 e. The van der Waals surface area contributed by atoms with Gasteiger partial charge in [0, 0.05) is 6.54 Å². The summed E-state index contributed by atoms with van der Waals surface area (Å²) in [5.41, 5.74) is 6.67. The lowest BCUT2D eigenvalue weighted by atomic mass is 9.75. The van der Waals surface area contributed by atoms with Crippen molar-refractivity contribution in [1.29, 1.82) is 0 Å². The molecule has 1 unspecified atom stereocenters. The van der Waals surface area contributed by atoms with Gasteiger partial charge in [0.05, 0.1) is 24.4 Å². The molecule has 1 amide bonds. The highest BCUT2D eigenvalue weighted by molar-refractivity contribution is 5.65. The Morgan fingerprint density at radius 1 is 1.36 bits per heavy atom. The first-order valence-electron chi connectivity index (χ1n) is 9.30. The average Bonchev–Trinajstić information content (AvgIpc) is 2.95. The summed E-state index contributed by atoms with van der Waals surface area (Å²) in [6.45, 7) is 9.00. The molecule has 1 saturated heterocycles. The van der Waals surface area contributed by atoms with Crippen molar-refractivity contribution in [2.75, 3.05) is 32.0 Å². The van der Waals surface area contributed by atoms with Crippen molar-refractivity contribution in [2.24, 2.45) is 5.41 Å². The van der Waals surface area contributed by atoms with Crippen LogP contribution < -0.4 is 10.5 Å². The first kappa shape index (κ1) is 20.0. The van der Waals surface area contributed by atoms with Gasteiger partial charge in [-0.3, -0.25) is 0 Å². The van der Waals surface area contributed by atoms with Gasteiger partial charge in [-0.2, -0.15) is 0 Å². The Morgan fingerprint density at radius 2 is 2.04 bits per heavy atom. The number of nitrogen functional groups attached to an aromatic ring is 1. The second-order valence-corrected chi connectivity index (χ2v) is 8.15. The van der Waals surface area contributed by atoms with Gasteiger partial charge in [0.1, 0.15) is 18.0 Å². The number of ether oxygens (including phenoxy) is 2. The van der Waals surface area contributed by atoms with Gasteiger partial charge in [-0.15, -0.1) is 5.10 Å². The van der Waals surface area contributed by atoms with Gasteiger partial charge < -0.3 is 25.2 Å². The fourth-order valence-electron chi connectivity index (χ4n) is 3.28. The third-order valence-corrected chi connectivity index (χ3v) is 5.39. The van der Waals surface area contributed by atoms with Gasteiger partial charge in [-0.05, 0) is 24.5 Å². The van der Waals surface area contributed by atoms with Crippen molar-refractivity contribution < 1.29 is 19.4 Å². The number of para-hydroxylation sites is 1. The fraction of sp³-hybridized carbons (Fsp3) is 0.500. The molecule has 1 aliphatic rings. The third kappa shape index (κ3) is 3.64. The number of carbonyl (C=O) groups is 1. The lowest BCUT2D eigenvalue weighted by Gasteiger charge is -2.49. The third-order valence-electron chi connectivity index (χ3n) is 5.39. The zero-order valence-corrected chi connectivity index (χ0v) is 16.8. The monoisotopic (exact) mass is 388 g/mol. The molecule has 8 nitrogen and oxygen atoms in total. The molecule has 0 radical (unpaired) electrons. The summed E-state index contributed by atoms with van der Waals surface area (Å²) in [5.74, 6) is 0.920. The predicted molar refractivity (Wildman–Crippen MR) is 106 cm³/mol. The average molecular weight is 388 g/mol. The van der Waals surface area contributed by atoms with E-state index in [9.17, 15) is 9.90 Å². The predicted octanol–water partition coefficient (Wildman–Crippen LogP) is 2.94. The number of nitrogens with two attached hydrogens (primary N) is 1. The molecule has 0 bridgehead atoms. The molecular weight excluding hydrogens is 360 g/mol. The molecule has 8 heteroatoms. The van der Waals surface area contributed by atoms with Gasteiger partial charge in [-0.1, -0.05) is 39.0 Å². The lowest BCUT2D eigenvalue weighted by molar-refractivity contribution is -0.175. The van der Waals surface area contributed by atoms with E-state index in [1.54, 1.807) is 4.68 Å². The van der Waals surface area contributed by atoms with Crippen LogP contribution in [0.15, 0.2) is 30.3 Å². The summed E-state index contributed by atoms with van der Waals surface area (Å²) in [6, 6.07) is 9.58. The minimum Gasteiger partial charge on any atom is -0.473 e. The molecule has 2 heterocycles. The van der Waals surface area contributed by atoms with E-state index in [4.69, 9.17) is 15.2 Å². The van der Waals surface area contributed by atoms with E-state index in [1.807, 2.05) is 58.0 Å². The summed E-state index contributed by atoms with van der Waals surface area (Å²) in [6.07, 6.45) is -0.953. The Morgan fingerprint density at radius 3 is 2.64 bits per heavy atom. The molecule has 3 rings (SSSR count). The summed E-state index contributed by atoms with van der Waals surface area (Å²) in [4.78, 5) is 12.9.